The molecule has 0 aliphatic heterocycles. The summed E-state index contributed by atoms with van der Waals surface area (Å²) >= 11 is 1.65. The van der Waals surface area contributed by atoms with Crippen molar-refractivity contribution in [2.24, 2.45) is 0 Å². The minimum absolute atomic E-state index is 0.848. The normalized spacial score (nSPS) is 10.4. The van der Waals surface area contributed by atoms with E-state index >= 15 is 0 Å². The molecule has 25 heavy (non-hydrogen) atoms. The smallest absolute Gasteiger partial charge is 0.0901 e. The lowest BCUT2D eigenvalue weighted by Gasteiger charge is -2.08. The van der Waals surface area contributed by atoms with Crippen LogP contribution in [0.3, 0.4) is 0 Å². The van der Waals surface area contributed by atoms with Crippen LogP contribution >= 0.6 is 11.3 Å². The van der Waals surface area contributed by atoms with Crippen LogP contribution < -0.4 is 5.73 Å². The molecule has 0 saturated carbocycles. The third-order valence-electron chi connectivity index (χ3n) is 4.17. The lowest BCUT2D eigenvalue weighted by atomic mass is 10.0. The van der Waals surface area contributed by atoms with E-state index in [4.69, 9.17) is 10.5 Å². The Hall–Kier alpha value is -1.39. The number of aromatic nitrogens is 1. The summed E-state index contributed by atoms with van der Waals surface area (Å²) in [5.74, 6) is 0. The molecule has 1 heterocycles. The van der Waals surface area contributed by atoms with Gasteiger partial charge in [-0.1, -0.05) is 45.2 Å². The molecule has 1 aromatic carbocycles. The highest BCUT2D eigenvalue weighted by molar-refractivity contribution is 7.09. The van der Waals surface area contributed by atoms with Gasteiger partial charge in [-0.05, 0) is 44.7 Å². The van der Waals surface area contributed by atoms with Crippen molar-refractivity contribution in [2.75, 3.05) is 18.9 Å². The maximum Gasteiger partial charge on any atom is 0.0901 e. The van der Waals surface area contributed by atoms with Gasteiger partial charge in [0.25, 0.3) is 0 Å². The fourth-order valence-electron chi connectivity index (χ4n) is 2.43. The van der Waals surface area contributed by atoms with Gasteiger partial charge < -0.3 is 10.5 Å². The molecule has 0 atom stereocenters. The van der Waals surface area contributed by atoms with Gasteiger partial charge in [0.1, 0.15) is 0 Å². The maximum atomic E-state index is 6.09. The summed E-state index contributed by atoms with van der Waals surface area (Å²) in [7, 11) is 0. The molecule has 1 aromatic heterocycles. The summed E-state index contributed by atoms with van der Waals surface area (Å²) in [4.78, 5) is 4.45. The molecule has 0 fully saturated rings. The molecular formula is C21H34N2OS. The third kappa shape index (κ3) is 7.57. The summed E-state index contributed by atoms with van der Waals surface area (Å²) in [5.41, 5.74) is 11.3. The van der Waals surface area contributed by atoms with E-state index in [0.717, 1.165) is 47.2 Å². The van der Waals surface area contributed by atoms with Crippen molar-refractivity contribution >= 4 is 17.0 Å². The first-order chi connectivity index (χ1) is 12.0. The number of hydrogen-bond acceptors (Lipinski definition) is 4. The SMILES string of the molecule is CCCCCCOCCC.Cc1nc(-c2ccc(C)c(C)c2N)cs1. The third-order valence-corrected chi connectivity index (χ3v) is 4.94. The van der Waals surface area contributed by atoms with Crippen LogP contribution in [0.4, 0.5) is 5.69 Å². The second-order valence-corrected chi connectivity index (χ2v) is 7.46. The van der Waals surface area contributed by atoms with E-state index in [1.807, 2.05) is 19.9 Å². The molecule has 0 aliphatic carbocycles. The molecular weight excluding hydrogens is 328 g/mol. The molecule has 2 aromatic rings. The first-order valence-electron chi connectivity index (χ1n) is 9.37. The average molecular weight is 363 g/mol. The quantitative estimate of drug-likeness (QED) is 0.442. The zero-order valence-corrected chi connectivity index (χ0v) is 17.3. The fourth-order valence-corrected chi connectivity index (χ4v) is 3.04. The number of thiazole rings is 1. The van der Waals surface area contributed by atoms with Crippen LogP contribution in [0.25, 0.3) is 11.3 Å². The molecule has 3 nitrogen and oxygen atoms in total. The number of aryl methyl sites for hydroxylation is 2. The largest absolute Gasteiger partial charge is 0.398 e. The lowest BCUT2D eigenvalue weighted by Crippen LogP contribution is -1.96. The number of nitrogens with two attached hydrogens (primary N) is 1. The van der Waals surface area contributed by atoms with Gasteiger partial charge in [0.05, 0.1) is 10.7 Å². The first-order valence-corrected chi connectivity index (χ1v) is 10.2. The second-order valence-electron chi connectivity index (χ2n) is 6.39. The van der Waals surface area contributed by atoms with E-state index in [9.17, 15) is 0 Å². The number of anilines is 1. The van der Waals surface area contributed by atoms with Crippen molar-refractivity contribution in [1.82, 2.24) is 4.98 Å². The Kier molecular flexibility index (Phi) is 10.4. The van der Waals surface area contributed by atoms with Gasteiger partial charge in [0.2, 0.25) is 0 Å². The molecule has 0 radical (unpaired) electrons. The molecule has 2 rings (SSSR count). The molecule has 0 bridgehead atoms. The van der Waals surface area contributed by atoms with Gasteiger partial charge in [0, 0.05) is 29.8 Å². The van der Waals surface area contributed by atoms with Gasteiger partial charge in [0.15, 0.2) is 0 Å². The number of rotatable bonds is 8. The highest BCUT2D eigenvalue weighted by Crippen LogP contribution is 2.30. The molecule has 0 saturated heterocycles. The van der Waals surface area contributed by atoms with Crippen molar-refractivity contribution in [3.8, 4) is 11.3 Å². The summed E-state index contributed by atoms with van der Waals surface area (Å²) in [6.45, 7) is 12.4. The van der Waals surface area contributed by atoms with Crippen LogP contribution in [-0.4, -0.2) is 18.2 Å². The molecule has 140 valence electrons. The first kappa shape index (κ1) is 21.7. The van der Waals surface area contributed by atoms with Gasteiger partial charge in [-0.3, -0.25) is 0 Å². The van der Waals surface area contributed by atoms with Crippen LogP contribution in [0.15, 0.2) is 17.5 Å². The minimum Gasteiger partial charge on any atom is -0.398 e. The number of hydrogen-bond donors (Lipinski definition) is 1. The number of unbranched alkanes of at least 4 members (excludes halogenated alkanes) is 3. The minimum atomic E-state index is 0.848. The van der Waals surface area contributed by atoms with Crippen molar-refractivity contribution < 1.29 is 4.74 Å². The van der Waals surface area contributed by atoms with E-state index in [2.05, 4.69) is 37.2 Å². The molecule has 0 unspecified atom stereocenters. The van der Waals surface area contributed by atoms with Crippen LogP contribution in [0.5, 0.6) is 0 Å². The second kappa shape index (κ2) is 12.0. The van der Waals surface area contributed by atoms with Crippen molar-refractivity contribution in [3.63, 3.8) is 0 Å². The van der Waals surface area contributed by atoms with Crippen LogP contribution in [0, 0.1) is 20.8 Å². The monoisotopic (exact) mass is 362 g/mol. The summed E-state index contributed by atoms with van der Waals surface area (Å²) in [5, 5.41) is 3.12. The zero-order valence-electron chi connectivity index (χ0n) is 16.5. The molecule has 0 aliphatic rings. The van der Waals surface area contributed by atoms with Crippen LogP contribution in [0.2, 0.25) is 0 Å². The molecule has 4 heteroatoms. The van der Waals surface area contributed by atoms with Gasteiger partial charge >= 0.3 is 0 Å². The van der Waals surface area contributed by atoms with E-state index in [1.165, 1.54) is 31.2 Å². The highest BCUT2D eigenvalue weighted by atomic mass is 32.1. The Balaban J connectivity index is 0.000000275. The van der Waals surface area contributed by atoms with E-state index in [1.54, 1.807) is 11.3 Å². The zero-order chi connectivity index (χ0) is 18.7. The summed E-state index contributed by atoms with van der Waals surface area (Å²) < 4.78 is 5.33. The number of benzene rings is 1. The van der Waals surface area contributed by atoms with Gasteiger partial charge in [-0.25, -0.2) is 4.98 Å². The van der Waals surface area contributed by atoms with Crippen LogP contribution in [0.1, 0.15) is 62.1 Å². The van der Waals surface area contributed by atoms with Crippen molar-refractivity contribution in [1.29, 1.82) is 0 Å². The number of nitrogen functional groups attached to an aromatic ring is 1. The average Bonchev–Trinajstić information content (AvgIpc) is 3.03. The molecule has 2 N–H and O–H groups in total. The predicted octanol–water partition coefficient (Wildman–Crippen LogP) is 6.31. The molecule has 0 spiro atoms. The van der Waals surface area contributed by atoms with Crippen molar-refractivity contribution in [2.45, 2.75) is 66.7 Å². The summed E-state index contributed by atoms with van der Waals surface area (Å²) in [6, 6.07) is 4.14. The van der Waals surface area contributed by atoms with Gasteiger partial charge in [-0.2, -0.15) is 0 Å². The topological polar surface area (TPSA) is 48.1 Å². The lowest BCUT2D eigenvalue weighted by molar-refractivity contribution is 0.130. The Labute approximate surface area is 157 Å². The molecule has 0 amide bonds. The standard InChI is InChI=1S/C12H14N2S.C9H20O/c1-7-4-5-10(12(13)8(7)2)11-6-15-9(3)14-11;1-3-5-6-7-9-10-8-4-2/h4-6H,13H2,1-3H3;3-9H2,1-2H3. The van der Waals surface area contributed by atoms with Gasteiger partial charge in [-0.15, -0.1) is 11.3 Å². The Bertz CT molecular complexity index is 614. The Morgan fingerprint density at radius 1 is 1.00 bits per heavy atom. The van der Waals surface area contributed by atoms with E-state index < -0.39 is 0 Å². The predicted molar refractivity (Wildman–Crippen MR) is 111 cm³/mol. The van der Waals surface area contributed by atoms with Crippen molar-refractivity contribution in [3.05, 3.63) is 33.6 Å². The Morgan fingerprint density at radius 3 is 2.36 bits per heavy atom. The van der Waals surface area contributed by atoms with E-state index in [0.29, 0.717) is 0 Å². The number of nitrogens with zero attached hydrogens (tertiary/aromatic N) is 1. The number of ether oxygens (including phenoxy) is 1. The highest BCUT2D eigenvalue weighted by Gasteiger charge is 2.09. The summed E-state index contributed by atoms with van der Waals surface area (Å²) in [6.07, 6.45) is 6.39. The Morgan fingerprint density at radius 2 is 1.76 bits per heavy atom. The maximum absolute atomic E-state index is 6.09. The fraction of sp³-hybridized carbons (Fsp3) is 0.571. The van der Waals surface area contributed by atoms with E-state index in [-0.39, 0.29) is 0 Å². The van der Waals surface area contributed by atoms with Crippen LogP contribution in [-0.2, 0) is 4.74 Å².